The van der Waals surface area contributed by atoms with Gasteiger partial charge < -0.3 is 0 Å². The van der Waals surface area contributed by atoms with Crippen LogP contribution in [0.4, 0.5) is 0 Å². The Kier molecular flexibility index (Phi) is 7.12. The Morgan fingerprint density at radius 3 is 1.47 bits per heavy atom. The van der Waals surface area contributed by atoms with Crippen molar-refractivity contribution in [1.82, 2.24) is 9.97 Å². The van der Waals surface area contributed by atoms with Gasteiger partial charge in [-0.2, -0.15) is 0 Å². The molecule has 0 N–H and O–H groups in total. The fourth-order valence-corrected chi connectivity index (χ4v) is 9.38. The average Bonchev–Trinajstić information content (AvgIpc) is 4.00. The third-order valence-electron chi connectivity index (χ3n) is 10.3. The van der Waals surface area contributed by atoms with Gasteiger partial charge in [-0.05, 0) is 78.5 Å². The molecule has 2 heterocycles. The van der Waals surface area contributed by atoms with Crippen LogP contribution in [0.3, 0.4) is 0 Å². The number of hydrogen-bond donors (Lipinski definition) is 0. The molecule has 0 bridgehead atoms. The monoisotopic (exact) mass is 686 g/mol. The van der Waals surface area contributed by atoms with Gasteiger partial charge >= 0.3 is 0 Å². The Bertz CT molecular complexity index is 2600. The van der Waals surface area contributed by atoms with Crippen LogP contribution in [-0.2, 0) is 5.41 Å². The number of rotatable bonds is 6. The minimum atomic E-state index is -0.538. The second kappa shape index (κ2) is 12.1. The Balaban J connectivity index is 1.25. The third kappa shape index (κ3) is 4.75. The van der Waals surface area contributed by atoms with Crippen LogP contribution in [0.2, 0.25) is 0 Å². The Hall–Kier alpha value is -5.94. The maximum atomic E-state index is 4.56. The maximum Gasteiger partial charge on any atom is 0.123 e. The molecule has 0 unspecified atom stereocenters. The van der Waals surface area contributed by atoms with E-state index in [1.54, 1.807) is 22.7 Å². The summed E-state index contributed by atoms with van der Waals surface area (Å²) in [5.41, 5.74) is 14.3. The standard InChI is InChI=1S/C47H30N2S2/c1-3-9-36(10-4-1)47(37-11-5-2-6-12-37)42-29-35(31-15-19-33(20-16-31)45-48-25-27-50-45)23-24-40(42)44-39-14-8-7-13-38(39)41(30-43(44)47)32-17-21-34(22-18-32)46-49-26-28-51-46/h1-30H. The molecule has 2 aromatic heterocycles. The third-order valence-corrected chi connectivity index (χ3v) is 12.0. The fraction of sp³-hybridized carbons (Fsp3) is 0.0213. The number of benzene rings is 7. The van der Waals surface area contributed by atoms with E-state index in [1.807, 2.05) is 23.2 Å². The van der Waals surface area contributed by atoms with Crippen LogP contribution in [0.1, 0.15) is 22.3 Å². The van der Waals surface area contributed by atoms with E-state index in [0.717, 1.165) is 21.1 Å². The van der Waals surface area contributed by atoms with E-state index in [0.29, 0.717) is 0 Å². The van der Waals surface area contributed by atoms with E-state index in [9.17, 15) is 0 Å². The highest BCUT2D eigenvalue weighted by Gasteiger charge is 2.47. The SMILES string of the molecule is c1ccc(C2(c3ccccc3)c3cc(-c4ccc(-c5nccs5)cc4)ccc3-c3c2cc(-c2ccc(-c4nccs4)cc2)c2ccccc32)cc1. The Morgan fingerprint density at radius 1 is 0.392 bits per heavy atom. The fourth-order valence-electron chi connectivity index (χ4n) is 8.09. The molecule has 1 aliphatic rings. The van der Waals surface area contributed by atoms with Crippen LogP contribution in [0.5, 0.6) is 0 Å². The molecule has 10 rings (SSSR count). The molecule has 0 amide bonds. The summed E-state index contributed by atoms with van der Waals surface area (Å²) < 4.78 is 0. The van der Waals surface area contributed by atoms with Crippen LogP contribution in [-0.4, -0.2) is 9.97 Å². The van der Waals surface area contributed by atoms with Gasteiger partial charge in [-0.25, -0.2) is 9.97 Å². The van der Waals surface area contributed by atoms with Crippen molar-refractivity contribution in [2.75, 3.05) is 0 Å². The summed E-state index contributed by atoms with van der Waals surface area (Å²) in [6.07, 6.45) is 3.74. The second-order valence-electron chi connectivity index (χ2n) is 13.0. The van der Waals surface area contributed by atoms with Gasteiger partial charge in [0.2, 0.25) is 0 Å². The highest BCUT2D eigenvalue weighted by atomic mass is 32.1. The van der Waals surface area contributed by atoms with Crippen molar-refractivity contribution in [2.24, 2.45) is 0 Å². The van der Waals surface area contributed by atoms with Crippen LogP contribution < -0.4 is 0 Å². The molecule has 4 heteroatoms. The molecular weight excluding hydrogens is 657 g/mol. The summed E-state index contributed by atoms with van der Waals surface area (Å²) in [6, 6.07) is 58.5. The zero-order chi connectivity index (χ0) is 33.8. The van der Waals surface area contributed by atoms with Crippen molar-refractivity contribution in [1.29, 1.82) is 0 Å². The minimum Gasteiger partial charge on any atom is -0.245 e. The van der Waals surface area contributed by atoms with Gasteiger partial charge in [0.05, 0.1) is 5.41 Å². The van der Waals surface area contributed by atoms with Gasteiger partial charge in [0, 0.05) is 34.3 Å². The van der Waals surface area contributed by atoms with E-state index >= 15 is 0 Å². The van der Waals surface area contributed by atoms with Crippen LogP contribution in [0.25, 0.3) is 65.3 Å². The van der Waals surface area contributed by atoms with E-state index in [1.165, 1.54) is 66.4 Å². The zero-order valence-corrected chi connectivity index (χ0v) is 29.2. The summed E-state index contributed by atoms with van der Waals surface area (Å²) in [5, 5.41) is 8.66. The molecule has 0 spiro atoms. The molecular formula is C47H30N2S2. The van der Waals surface area contributed by atoms with Crippen molar-refractivity contribution < 1.29 is 0 Å². The molecule has 0 atom stereocenters. The van der Waals surface area contributed by atoms with Crippen LogP contribution in [0, 0.1) is 0 Å². The van der Waals surface area contributed by atoms with Crippen LogP contribution >= 0.6 is 22.7 Å². The van der Waals surface area contributed by atoms with Crippen molar-refractivity contribution in [3.8, 4) is 54.5 Å². The van der Waals surface area contributed by atoms with Crippen molar-refractivity contribution >= 4 is 33.4 Å². The highest BCUT2D eigenvalue weighted by molar-refractivity contribution is 7.13. The smallest absolute Gasteiger partial charge is 0.123 e. The molecule has 1 aliphatic carbocycles. The predicted molar refractivity (Wildman–Crippen MR) is 214 cm³/mol. The first-order valence-electron chi connectivity index (χ1n) is 17.1. The van der Waals surface area contributed by atoms with Gasteiger partial charge in [0.15, 0.2) is 0 Å². The molecule has 9 aromatic rings. The lowest BCUT2D eigenvalue weighted by Crippen LogP contribution is -2.28. The number of fused-ring (bicyclic) bond motifs is 5. The van der Waals surface area contributed by atoms with Gasteiger partial charge in [-0.1, -0.05) is 146 Å². The molecule has 0 radical (unpaired) electrons. The molecule has 0 aliphatic heterocycles. The molecule has 0 fully saturated rings. The lowest BCUT2D eigenvalue weighted by atomic mass is 9.67. The normalized spacial score (nSPS) is 12.9. The largest absolute Gasteiger partial charge is 0.245 e. The lowest BCUT2D eigenvalue weighted by Gasteiger charge is -2.34. The molecule has 51 heavy (non-hydrogen) atoms. The van der Waals surface area contributed by atoms with Gasteiger partial charge in [-0.3, -0.25) is 0 Å². The van der Waals surface area contributed by atoms with Crippen molar-refractivity contribution in [3.05, 3.63) is 203 Å². The van der Waals surface area contributed by atoms with E-state index in [4.69, 9.17) is 0 Å². The molecule has 7 aromatic carbocycles. The first kappa shape index (κ1) is 29.9. The highest BCUT2D eigenvalue weighted by Crippen LogP contribution is 2.59. The van der Waals surface area contributed by atoms with Crippen molar-refractivity contribution in [2.45, 2.75) is 5.41 Å². The molecule has 0 saturated heterocycles. The summed E-state index contributed by atoms with van der Waals surface area (Å²) in [5.74, 6) is 0. The van der Waals surface area contributed by atoms with E-state index in [2.05, 4.69) is 168 Å². The lowest BCUT2D eigenvalue weighted by molar-refractivity contribution is 0.769. The summed E-state index contributed by atoms with van der Waals surface area (Å²) in [4.78, 5) is 9.09. The average molecular weight is 687 g/mol. The first-order valence-corrected chi connectivity index (χ1v) is 18.9. The molecule has 240 valence electrons. The summed E-state index contributed by atoms with van der Waals surface area (Å²) >= 11 is 3.34. The molecule has 0 saturated carbocycles. The predicted octanol–water partition coefficient (Wildman–Crippen LogP) is 12.8. The van der Waals surface area contributed by atoms with Gasteiger partial charge in [0.1, 0.15) is 10.0 Å². The van der Waals surface area contributed by atoms with Crippen LogP contribution in [0.15, 0.2) is 181 Å². The Labute approximate surface area is 305 Å². The second-order valence-corrected chi connectivity index (χ2v) is 14.8. The number of thiazole rings is 2. The summed E-state index contributed by atoms with van der Waals surface area (Å²) in [7, 11) is 0. The Morgan fingerprint density at radius 2 is 0.902 bits per heavy atom. The van der Waals surface area contributed by atoms with E-state index in [-0.39, 0.29) is 0 Å². The molecule has 2 nitrogen and oxygen atoms in total. The minimum absolute atomic E-state index is 0.538. The summed E-state index contributed by atoms with van der Waals surface area (Å²) in [6.45, 7) is 0. The van der Waals surface area contributed by atoms with Crippen molar-refractivity contribution in [3.63, 3.8) is 0 Å². The topological polar surface area (TPSA) is 25.8 Å². The number of nitrogens with zero attached hydrogens (tertiary/aromatic N) is 2. The van der Waals surface area contributed by atoms with Gasteiger partial charge in [0.25, 0.3) is 0 Å². The quantitative estimate of drug-likeness (QED) is 0.174. The van der Waals surface area contributed by atoms with Gasteiger partial charge in [-0.15, -0.1) is 22.7 Å². The maximum absolute atomic E-state index is 4.56. The van der Waals surface area contributed by atoms with E-state index < -0.39 is 5.41 Å². The number of aromatic nitrogens is 2. The zero-order valence-electron chi connectivity index (χ0n) is 27.5. The number of hydrogen-bond acceptors (Lipinski definition) is 4. The first-order chi connectivity index (χ1) is 25.3.